The van der Waals surface area contributed by atoms with Crippen LogP contribution in [0.25, 0.3) is 0 Å². The van der Waals surface area contributed by atoms with Gasteiger partial charge in [-0.3, -0.25) is 0 Å². The van der Waals surface area contributed by atoms with Gasteiger partial charge in [-0.05, 0) is 17.7 Å². The number of halogens is 2. The largest absolute Gasteiger partial charge is 0.586 e. The number of ether oxygens (including phenoxy) is 2. The molecule has 1 aromatic carbocycles. The van der Waals surface area contributed by atoms with Gasteiger partial charge in [0.05, 0.1) is 22.7 Å². The number of rotatable bonds is 4. The van der Waals surface area contributed by atoms with E-state index >= 15 is 0 Å². The van der Waals surface area contributed by atoms with Crippen LogP contribution in [0.5, 0.6) is 11.5 Å². The second kappa shape index (κ2) is 4.92. The summed E-state index contributed by atoms with van der Waals surface area (Å²) in [5.74, 6) is -0.754. The van der Waals surface area contributed by atoms with E-state index in [-0.39, 0.29) is 23.0 Å². The Morgan fingerprint density at radius 3 is 2.67 bits per heavy atom. The summed E-state index contributed by atoms with van der Waals surface area (Å²) in [4.78, 5) is 3.92. The summed E-state index contributed by atoms with van der Waals surface area (Å²) in [6, 6.07) is 3.93. The molecule has 0 atom stereocenters. The topological polar surface area (TPSA) is 65.5 Å². The number of aromatic nitrogens is 1. The van der Waals surface area contributed by atoms with Crippen LogP contribution < -0.4 is 9.47 Å². The molecule has 0 unspecified atom stereocenters. The third-order valence-electron chi connectivity index (χ3n) is 2.70. The van der Waals surface area contributed by atoms with Gasteiger partial charge in [0.25, 0.3) is 0 Å². The highest BCUT2D eigenvalue weighted by atomic mass is 32.2. The maximum absolute atomic E-state index is 12.9. The van der Waals surface area contributed by atoms with E-state index in [0.29, 0.717) is 11.3 Å². The minimum Gasteiger partial charge on any atom is -0.395 e. The molecular formula is C12H9F2NO4S2. The van der Waals surface area contributed by atoms with Gasteiger partial charge in [0.15, 0.2) is 21.3 Å². The minimum atomic E-state index is -3.71. The van der Waals surface area contributed by atoms with Crippen LogP contribution in [-0.2, 0) is 21.3 Å². The van der Waals surface area contributed by atoms with Crippen LogP contribution >= 0.6 is 11.3 Å². The van der Waals surface area contributed by atoms with Crippen LogP contribution in [0.4, 0.5) is 8.78 Å². The van der Waals surface area contributed by atoms with Gasteiger partial charge < -0.3 is 9.47 Å². The van der Waals surface area contributed by atoms with E-state index in [1.54, 1.807) is 10.9 Å². The van der Waals surface area contributed by atoms with Gasteiger partial charge in [0, 0.05) is 5.38 Å². The molecule has 2 heterocycles. The third-order valence-corrected chi connectivity index (χ3v) is 4.85. The molecule has 0 aliphatic carbocycles. The van der Waals surface area contributed by atoms with Crippen LogP contribution in [0.3, 0.4) is 0 Å². The third kappa shape index (κ3) is 3.30. The summed E-state index contributed by atoms with van der Waals surface area (Å²) in [5, 5.41) is 1.65. The molecule has 0 fully saturated rings. The molecule has 0 saturated carbocycles. The number of nitrogens with zero attached hydrogens (tertiary/aromatic N) is 1. The normalized spacial score (nSPS) is 16.1. The molecule has 1 aliphatic heterocycles. The molecule has 2 aromatic rings. The van der Waals surface area contributed by atoms with Gasteiger partial charge in [-0.1, -0.05) is 6.07 Å². The first-order valence-electron chi connectivity index (χ1n) is 5.79. The lowest BCUT2D eigenvalue weighted by atomic mass is 10.2. The Morgan fingerprint density at radius 1 is 1.19 bits per heavy atom. The second-order valence-electron chi connectivity index (χ2n) is 4.46. The van der Waals surface area contributed by atoms with E-state index in [2.05, 4.69) is 14.5 Å². The molecule has 9 heteroatoms. The highest BCUT2D eigenvalue weighted by Gasteiger charge is 2.43. The summed E-state index contributed by atoms with van der Waals surface area (Å²) >= 11 is 1.31. The molecule has 3 rings (SSSR count). The number of hydrogen-bond acceptors (Lipinski definition) is 6. The van der Waals surface area contributed by atoms with Crippen molar-refractivity contribution in [2.45, 2.75) is 17.8 Å². The van der Waals surface area contributed by atoms with Crippen molar-refractivity contribution >= 4 is 21.2 Å². The van der Waals surface area contributed by atoms with Crippen molar-refractivity contribution < 1.29 is 26.7 Å². The van der Waals surface area contributed by atoms with Crippen LogP contribution in [0.2, 0.25) is 0 Å². The standard InChI is InChI=1S/C12H9F2NO4S2/c13-12(14)18-10-2-1-8(3-11(10)19-12)5-21(16,17)6-9-4-20-7-15-9/h1-4,7H,5-6H2. The van der Waals surface area contributed by atoms with Crippen molar-refractivity contribution in [3.63, 3.8) is 0 Å². The van der Waals surface area contributed by atoms with Crippen LogP contribution in [-0.4, -0.2) is 19.7 Å². The lowest BCUT2D eigenvalue weighted by Crippen LogP contribution is -2.25. The molecule has 0 bridgehead atoms. The fourth-order valence-electron chi connectivity index (χ4n) is 1.92. The monoisotopic (exact) mass is 333 g/mol. The zero-order valence-corrected chi connectivity index (χ0v) is 12.1. The predicted octanol–water partition coefficient (Wildman–Crippen LogP) is 2.58. The first-order chi connectivity index (χ1) is 9.83. The van der Waals surface area contributed by atoms with E-state index in [4.69, 9.17) is 0 Å². The van der Waals surface area contributed by atoms with Gasteiger partial charge in [0.2, 0.25) is 0 Å². The molecule has 21 heavy (non-hydrogen) atoms. The lowest BCUT2D eigenvalue weighted by Gasteiger charge is -2.04. The van der Waals surface area contributed by atoms with Crippen molar-refractivity contribution in [2.24, 2.45) is 0 Å². The van der Waals surface area contributed by atoms with Crippen molar-refractivity contribution in [1.29, 1.82) is 0 Å². The van der Waals surface area contributed by atoms with E-state index in [1.165, 1.54) is 29.5 Å². The van der Waals surface area contributed by atoms with Gasteiger partial charge in [-0.15, -0.1) is 20.1 Å². The Bertz CT molecular complexity index is 760. The summed E-state index contributed by atoms with van der Waals surface area (Å²) < 4.78 is 58.4. The van der Waals surface area contributed by atoms with E-state index in [1.807, 2.05) is 0 Å². The van der Waals surface area contributed by atoms with E-state index < -0.39 is 16.1 Å². The van der Waals surface area contributed by atoms with E-state index in [9.17, 15) is 17.2 Å². The van der Waals surface area contributed by atoms with Crippen LogP contribution in [0.15, 0.2) is 29.1 Å². The zero-order chi connectivity index (χ0) is 15.1. The first kappa shape index (κ1) is 14.2. The molecule has 0 spiro atoms. The quantitative estimate of drug-likeness (QED) is 0.860. The van der Waals surface area contributed by atoms with Crippen LogP contribution in [0.1, 0.15) is 11.3 Å². The highest BCUT2D eigenvalue weighted by molar-refractivity contribution is 7.89. The van der Waals surface area contributed by atoms with Gasteiger partial charge in [-0.2, -0.15) is 0 Å². The molecule has 112 valence electrons. The SMILES string of the molecule is O=S(=O)(Cc1ccc2c(c1)OC(F)(F)O2)Cc1cscn1. The van der Waals surface area contributed by atoms with Gasteiger partial charge in [-0.25, -0.2) is 13.4 Å². The number of hydrogen-bond donors (Lipinski definition) is 0. The van der Waals surface area contributed by atoms with Crippen molar-refractivity contribution in [3.8, 4) is 11.5 Å². The average Bonchev–Trinajstić information content (AvgIpc) is 2.93. The Labute approximate surface area is 123 Å². The number of thiazole rings is 1. The molecule has 0 N–H and O–H groups in total. The molecular weight excluding hydrogens is 324 g/mol. The first-order valence-corrected chi connectivity index (χ1v) is 8.56. The maximum atomic E-state index is 12.9. The second-order valence-corrected chi connectivity index (χ2v) is 7.24. The Balaban J connectivity index is 1.77. The highest BCUT2D eigenvalue weighted by Crippen LogP contribution is 2.41. The summed E-state index contributed by atoms with van der Waals surface area (Å²) in [5.41, 5.74) is 2.37. The number of sulfone groups is 1. The number of fused-ring (bicyclic) bond motifs is 1. The van der Waals surface area contributed by atoms with E-state index in [0.717, 1.165) is 0 Å². The van der Waals surface area contributed by atoms with Crippen LogP contribution in [0, 0.1) is 0 Å². The number of benzene rings is 1. The zero-order valence-electron chi connectivity index (χ0n) is 10.5. The molecule has 0 radical (unpaired) electrons. The Hall–Kier alpha value is -1.74. The Kier molecular flexibility index (Phi) is 3.33. The summed E-state index contributed by atoms with van der Waals surface area (Å²) in [6.07, 6.45) is -3.71. The van der Waals surface area contributed by atoms with Crippen molar-refractivity contribution in [2.75, 3.05) is 0 Å². The van der Waals surface area contributed by atoms with Crippen molar-refractivity contribution in [1.82, 2.24) is 4.98 Å². The van der Waals surface area contributed by atoms with Crippen molar-refractivity contribution in [3.05, 3.63) is 40.3 Å². The maximum Gasteiger partial charge on any atom is 0.586 e. The summed E-state index contributed by atoms with van der Waals surface area (Å²) in [6.45, 7) is 0. The molecule has 0 amide bonds. The van der Waals surface area contributed by atoms with Gasteiger partial charge in [0.1, 0.15) is 0 Å². The predicted molar refractivity (Wildman–Crippen MR) is 71.1 cm³/mol. The molecule has 1 aromatic heterocycles. The fraction of sp³-hybridized carbons (Fsp3) is 0.250. The fourth-order valence-corrected chi connectivity index (χ4v) is 3.98. The Morgan fingerprint density at radius 2 is 1.95 bits per heavy atom. The summed E-state index contributed by atoms with van der Waals surface area (Å²) in [7, 11) is -3.44. The molecule has 5 nitrogen and oxygen atoms in total. The smallest absolute Gasteiger partial charge is 0.395 e. The molecule has 1 aliphatic rings. The molecule has 0 saturated heterocycles. The number of alkyl halides is 2. The van der Waals surface area contributed by atoms with Gasteiger partial charge >= 0.3 is 6.29 Å². The minimum absolute atomic E-state index is 0.111. The average molecular weight is 333 g/mol. The lowest BCUT2D eigenvalue weighted by molar-refractivity contribution is -0.286.